The third-order valence-corrected chi connectivity index (χ3v) is 3.53. The number of hydrogen-bond acceptors (Lipinski definition) is 3. The van der Waals surface area contributed by atoms with Crippen molar-refractivity contribution in [3.8, 4) is 0 Å². The Balaban J connectivity index is 2.66. The van der Waals surface area contributed by atoms with Crippen LogP contribution in [0.3, 0.4) is 0 Å². The monoisotopic (exact) mass is 256 g/mol. The molecule has 0 amide bonds. The number of benzene rings is 1. The molecule has 2 nitrogen and oxygen atoms in total. The lowest BCUT2D eigenvalue weighted by molar-refractivity contribution is 0.437. The van der Waals surface area contributed by atoms with E-state index in [4.69, 9.17) is 0 Å². The zero-order valence-electron chi connectivity index (χ0n) is 10.8. The first-order valence-electron chi connectivity index (χ1n) is 5.90. The van der Waals surface area contributed by atoms with Gasteiger partial charge in [0.15, 0.2) is 0 Å². The summed E-state index contributed by atoms with van der Waals surface area (Å²) in [5.41, 5.74) is 1.05. The first-order valence-corrected chi connectivity index (χ1v) is 6.89. The minimum absolute atomic E-state index is 0.107. The molecule has 0 aromatic heterocycles. The maximum absolute atomic E-state index is 13.7. The average molecular weight is 256 g/mol. The van der Waals surface area contributed by atoms with Gasteiger partial charge in [0.1, 0.15) is 5.82 Å². The van der Waals surface area contributed by atoms with Gasteiger partial charge in [-0.1, -0.05) is 19.1 Å². The van der Waals surface area contributed by atoms with Gasteiger partial charge >= 0.3 is 0 Å². The SMILES string of the molecule is CCNCc1cccc(F)c1SCCN(C)C. The van der Waals surface area contributed by atoms with Crippen molar-refractivity contribution in [1.29, 1.82) is 0 Å². The van der Waals surface area contributed by atoms with E-state index in [1.165, 1.54) is 6.07 Å². The third-order valence-electron chi connectivity index (χ3n) is 2.40. The number of nitrogens with zero attached hydrogens (tertiary/aromatic N) is 1. The van der Waals surface area contributed by atoms with Gasteiger partial charge in [-0.2, -0.15) is 0 Å². The van der Waals surface area contributed by atoms with Crippen LogP contribution < -0.4 is 5.32 Å². The lowest BCUT2D eigenvalue weighted by Crippen LogP contribution is -2.16. The highest BCUT2D eigenvalue weighted by Crippen LogP contribution is 2.25. The van der Waals surface area contributed by atoms with Crippen molar-refractivity contribution in [2.24, 2.45) is 0 Å². The average Bonchev–Trinajstić information content (AvgIpc) is 2.29. The Kier molecular flexibility index (Phi) is 6.55. The van der Waals surface area contributed by atoms with Gasteiger partial charge in [-0.05, 0) is 32.3 Å². The topological polar surface area (TPSA) is 15.3 Å². The van der Waals surface area contributed by atoms with E-state index < -0.39 is 0 Å². The fourth-order valence-corrected chi connectivity index (χ4v) is 2.64. The zero-order chi connectivity index (χ0) is 12.7. The second-order valence-electron chi connectivity index (χ2n) is 4.16. The van der Waals surface area contributed by atoms with Crippen LogP contribution in [-0.4, -0.2) is 37.8 Å². The maximum Gasteiger partial charge on any atom is 0.137 e. The van der Waals surface area contributed by atoms with Crippen LogP contribution in [0.1, 0.15) is 12.5 Å². The molecule has 1 aromatic carbocycles. The highest BCUT2D eigenvalue weighted by Gasteiger charge is 2.08. The van der Waals surface area contributed by atoms with Crippen molar-refractivity contribution >= 4 is 11.8 Å². The highest BCUT2D eigenvalue weighted by molar-refractivity contribution is 7.99. The molecule has 0 unspecified atom stereocenters. The predicted molar refractivity (Wildman–Crippen MR) is 73.1 cm³/mol. The summed E-state index contributed by atoms with van der Waals surface area (Å²) in [7, 11) is 4.06. The molecule has 0 atom stereocenters. The predicted octanol–water partition coefficient (Wildman–Crippen LogP) is 2.59. The quantitative estimate of drug-likeness (QED) is 0.755. The van der Waals surface area contributed by atoms with E-state index in [0.717, 1.165) is 35.8 Å². The summed E-state index contributed by atoms with van der Waals surface area (Å²) in [6, 6.07) is 5.30. The minimum Gasteiger partial charge on any atom is -0.313 e. The summed E-state index contributed by atoms with van der Waals surface area (Å²) < 4.78 is 13.7. The molecule has 0 bridgehead atoms. The molecule has 0 saturated heterocycles. The molecule has 0 saturated carbocycles. The minimum atomic E-state index is -0.107. The Morgan fingerprint density at radius 3 is 2.76 bits per heavy atom. The standard InChI is InChI=1S/C13H21FN2S/c1-4-15-10-11-6-5-7-12(14)13(11)17-9-8-16(2)3/h5-7,15H,4,8-10H2,1-3H3. The van der Waals surface area contributed by atoms with Crippen LogP contribution in [-0.2, 0) is 6.54 Å². The van der Waals surface area contributed by atoms with Crippen LogP contribution in [0.4, 0.5) is 4.39 Å². The molecular formula is C13H21FN2S. The molecule has 0 aliphatic rings. The van der Waals surface area contributed by atoms with Gasteiger partial charge < -0.3 is 10.2 Å². The molecule has 0 spiro atoms. The van der Waals surface area contributed by atoms with E-state index in [1.807, 2.05) is 20.2 Å². The molecule has 1 N–H and O–H groups in total. The summed E-state index contributed by atoms with van der Waals surface area (Å²) in [5.74, 6) is 0.803. The van der Waals surface area contributed by atoms with E-state index in [2.05, 4.69) is 17.1 Å². The molecule has 17 heavy (non-hydrogen) atoms. The molecule has 0 aliphatic carbocycles. The van der Waals surface area contributed by atoms with Crippen molar-refractivity contribution in [1.82, 2.24) is 10.2 Å². The molecule has 1 aromatic rings. The summed E-state index contributed by atoms with van der Waals surface area (Å²) in [5, 5.41) is 3.24. The molecule has 96 valence electrons. The molecule has 0 aliphatic heterocycles. The van der Waals surface area contributed by atoms with E-state index in [0.29, 0.717) is 0 Å². The van der Waals surface area contributed by atoms with Crippen LogP contribution >= 0.6 is 11.8 Å². The van der Waals surface area contributed by atoms with Crippen LogP contribution in [0, 0.1) is 5.82 Å². The van der Waals surface area contributed by atoms with Gasteiger partial charge in [0.25, 0.3) is 0 Å². The first kappa shape index (κ1) is 14.5. The fourth-order valence-electron chi connectivity index (χ4n) is 1.44. The van der Waals surface area contributed by atoms with Crippen LogP contribution in [0.15, 0.2) is 23.1 Å². The van der Waals surface area contributed by atoms with Gasteiger partial charge in [-0.3, -0.25) is 0 Å². The second-order valence-corrected chi connectivity index (χ2v) is 5.27. The number of hydrogen-bond donors (Lipinski definition) is 1. The Labute approximate surface area is 108 Å². The molecule has 4 heteroatoms. The Bertz CT molecular complexity index is 342. The van der Waals surface area contributed by atoms with Gasteiger partial charge in [0.2, 0.25) is 0 Å². The van der Waals surface area contributed by atoms with Crippen LogP contribution in [0.5, 0.6) is 0 Å². The van der Waals surface area contributed by atoms with Crippen molar-refractivity contribution in [3.63, 3.8) is 0 Å². The van der Waals surface area contributed by atoms with Gasteiger partial charge in [0, 0.05) is 23.7 Å². The van der Waals surface area contributed by atoms with Gasteiger partial charge in [0.05, 0.1) is 0 Å². The number of halogens is 1. The van der Waals surface area contributed by atoms with Crippen molar-refractivity contribution in [3.05, 3.63) is 29.6 Å². The Hall–Kier alpha value is -0.580. The van der Waals surface area contributed by atoms with Crippen molar-refractivity contribution < 1.29 is 4.39 Å². The van der Waals surface area contributed by atoms with E-state index in [1.54, 1.807) is 17.8 Å². The van der Waals surface area contributed by atoms with Crippen LogP contribution in [0.25, 0.3) is 0 Å². The number of rotatable bonds is 7. The second kappa shape index (κ2) is 7.69. The lowest BCUT2D eigenvalue weighted by atomic mass is 10.2. The zero-order valence-corrected chi connectivity index (χ0v) is 11.6. The summed E-state index contributed by atoms with van der Waals surface area (Å²) >= 11 is 1.60. The molecule has 0 fully saturated rings. The van der Waals surface area contributed by atoms with Gasteiger partial charge in [-0.15, -0.1) is 11.8 Å². The molecule has 1 rings (SSSR count). The van der Waals surface area contributed by atoms with E-state index in [-0.39, 0.29) is 5.82 Å². The first-order chi connectivity index (χ1) is 8.15. The lowest BCUT2D eigenvalue weighted by Gasteiger charge is -2.12. The smallest absolute Gasteiger partial charge is 0.137 e. The highest BCUT2D eigenvalue weighted by atomic mass is 32.2. The summed E-state index contributed by atoms with van der Waals surface area (Å²) in [6.45, 7) is 4.65. The fraction of sp³-hybridized carbons (Fsp3) is 0.538. The largest absolute Gasteiger partial charge is 0.313 e. The number of nitrogens with one attached hydrogen (secondary N) is 1. The molecule has 0 heterocycles. The van der Waals surface area contributed by atoms with E-state index >= 15 is 0 Å². The third kappa shape index (κ3) is 5.06. The molecular weight excluding hydrogens is 235 g/mol. The van der Waals surface area contributed by atoms with Crippen molar-refractivity contribution in [2.45, 2.75) is 18.4 Å². The summed E-state index contributed by atoms with van der Waals surface area (Å²) in [4.78, 5) is 2.90. The summed E-state index contributed by atoms with van der Waals surface area (Å²) in [6.07, 6.45) is 0. The maximum atomic E-state index is 13.7. The number of thioether (sulfide) groups is 1. The normalized spacial score (nSPS) is 11.1. The van der Waals surface area contributed by atoms with Crippen molar-refractivity contribution in [2.75, 3.05) is 32.9 Å². The Morgan fingerprint density at radius 1 is 1.35 bits per heavy atom. The Morgan fingerprint density at radius 2 is 2.12 bits per heavy atom. The van der Waals surface area contributed by atoms with E-state index in [9.17, 15) is 4.39 Å². The van der Waals surface area contributed by atoms with Gasteiger partial charge in [-0.25, -0.2) is 4.39 Å². The molecule has 0 radical (unpaired) electrons. The van der Waals surface area contributed by atoms with Crippen LogP contribution in [0.2, 0.25) is 0 Å².